The highest BCUT2D eigenvalue weighted by Crippen LogP contribution is 2.44. The van der Waals surface area contributed by atoms with E-state index >= 15 is 0 Å². The lowest BCUT2D eigenvalue weighted by Crippen LogP contribution is -2.05. The van der Waals surface area contributed by atoms with Gasteiger partial charge in [-0.25, -0.2) is 0 Å². The maximum Gasteiger partial charge on any atom is 0.194 e. The second-order valence-electron chi connectivity index (χ2n) is 13.4. The molecule has 0 aliphatic carbocycles. The van der Waals surface area contributed by atoms with Crippen molar-refractivity contribution < 1.29 is 0 Å². The Morgan fingerprint density at radius 1 is 0.240 bits per heavy atom. The number of rotatable bonds is 0. The summed E-state index contributed by atoms with van der Waals surface area (Å²) in [7, 11) is 0. The van der Waals surface area contributed by atoms with Gasteiger partial charge < -0.3 is 0 Å². The van der Waals surface area contributed by atoms with Gasteiger partial charge in [-0.05, 0) is 99.0 Å². The molecule has 0 saturated carbocycles. The van der Waals surface area contributed by atoms with Crippen molar-refractivity contribution in [3.8, 4) is 0 Å². The zero-order chi connectivity index (χ0) is 33.1. The lowest BCUT2D eigenvalue weighted by molar-refractivity contribution is 1.69. The number of fused-ring (bicyclic) bond motifs is 8. The second-order valence-corrected chi connectivity index (χ2v) is 13.4. The van der Waals surface area contributed by atoms with Gasteiger partial charge in [0.1, 0.15) is 0 Å². The molecule has 0 atom stereocenters. The monoisotopic (exact) mass is 634 g/mol. The van der Waals surface area contributed by atoms with Gasteiger partial charge in [-0.2, -0.15) is 0 Å². The van der Waals surface area contributed by atoms with Crippen LogP contribution >= 0.6 is 0 Å². The highest BCUT2D eigenvalue weighted by molar-refractivity contribution is 6.39. The van der Waals surface area contributed by atoms with E-state index in [1.54, 1.807) is 6.07 Å². The van der Waals surface area contributed by atoms with E-state index in [4.69, 9.17) is 0 Å². The first-order valence-corrected chi connectivity index (χ1v) is 17.0. The van der Waals surface area contributed by atoms with Crippen LogP contribution in [0.4, 0.5) is 0 Å². The molecule has 2 heteroatoms. The van der Waals surface area contributed by atoms with Gasteiger partial charge in [0.2, 0.25) is 0 Å². The fraction of sp³-hybridized carbons (Fsp3) is 0. The van der Waals surface area contributed by atoms with Crippen LogP contribution in [0.1, 0.15) is 0 Å². The predicted molar refractivity (Wildman–Crippen MR) is 214 cm³/mol. The molecule has 0 fully saturated rings. The summed E-state index contributed by atoms with van der Waals surface area (Å²) in [5.41, 5.74) is 0.100. The largest absolute Gasteiger partial charge is 0.289 e. The van der Waals surface area contributed by atoms with E-state index in [1.165, 1.54) is 53.9 Å². The Labute approximate surface area is 285 Å². The molecule has 0 unspecified atom stereocenters. The summed E-state index contributed by atoms with van der Waals surface area (Å²) in [6.07, 6.45) is 0. The minimum absolute atomic E-state index is 0.0333. The van der Waals surface area contributed by atoms with E-state index in [9.17, 15) is 9.59 Å². The number of hydrogen-bond acceptors (Lipinski definition) is 2. The Balaban J connectivity index is 0.000000120. The molecule has 2 nitrogen and oxygen atoms in total. The summed E-state index contributed by atoms with van der Waals surface area (Å²) in [4.78, 5) is 25.5. The Morgan fingerprint density at radius 2 is 0.680 bits per heavy atom. The summed E-state index contributed by atoms with van der Waals surface area (Å²) in [5.74, 6) is 0. The zero-order valence-electron chi connectivity index (χ0n) is 26.8. The average molecular weight is 635 g/mol. The van der Waals surface area contributed by atoms with Gasteiger partial charge in [0.05, 0.1) is 0 Å². The molecule has 0 spiro atoms. The van der Waals surface area contributed by atoms with Crippen LogP contribution in [-0.4, -0.2) is 0 Å². The minimum Gasteiger partial charge on any atom is -0.289 e. The Hall–Kier alpha value is -6.64. The van der Waals surface area contributed by atoms with Crippen molar-refractivity contribution in [2.45, 2.75) is 0 Å². The summed E-state index contributed by atoms with van der Waals surface area (Å²) >= 11 is 0. The second kappa shape index (κ2) is 9.95. The molecule has 0 radical (unpaired) electrons. The van der Waals surface area contributed by atoms with Gasteiger partial charge in [0.15, 0.2) is 10.9 Å². The van der Waals surface area contributed by atoms with Crippen LogP contribution in [0.2, 0.25) is 0 Å². The predicted octanol–water partition coefficient (Wildman–Crippen LogP) is 11.9. The lowest BCUT2D eigenvalue weighted by Gasteiger charge is -2.16. The minimum atomic E-state index is 0.0333. The first kappa shape index (κ1) is 27.3. The number of benzene rings is 12. The van der Waals surface area contributed by atoms with Gasteiger partial charge in [-0.1, -0.05) is 140 Å². The fourth-order valence-electron chi connectivity index (χ4n) is 8.91. The molecule has 0 heterocycles. The van der Waals surface area contributed by atoms with E-state index in [1.807, 2.05) is 60.7 Å². The van der Waals surface area contributed by atoms with Crippen LogP contribution in [0.25, 0.3) is 108 Å². The van der Waals surface area contributed by atoms with Crippen LogP contribution in [0.3, 0.4) is 0 Å². The van der Waals surface area contributed by atoms with Crippen LogP contribution in [0, 0.1) is 0 Å². The third-order valence-corrected chi connectivity index (χ3v) is 10.9. The van der Waals surface area contributed by atoms with Gasteiger partial charge in [-0.15, -0.1) is 0 Å². The third kappa shape index (κ3) is 3.52. The molecule has 0 aromatic heterocycles. The molecule has 12 aromatic rings. The molecule has 50 heavy (non-hydrogen) atoms. The van der Waals surface area contributed by atoms with Gasteiger partial charge in [0.25, 0.3) is 0 Å². The molecule has 0 aliphatic heterocycles. The third-order valence-electron chi connectivity index (χ3n) is 10.9. The zero-order valence-corrected chi connectivity index (χ0v) is 26.8. The molecule has 12 aromatic carbocycles. The summed E-state index contributed by atoms with van der Waals surface area (Å²) in [6.45, 7) is 0. The van der Waals surface area contributed by atoms with Crippen molar-refractivity contribution in [1.29, 1.82) is 0 Å². The molecule has 0 aliphatic rings. The van der Waals surface area contributed by atoms with Crippen LogP contribution in [-0.2, 0) is 0 Å². The first-order chi connectivity index (χ1) is 24.7. The quantitative estimate of drug-likeness (QED) is 0.123. The van der Waals surface area contributed by atoms with Gasteiger partial charge in [-0.3, -0.25) is 9.59 Å². The topological polar surface area (TPSA) is 34.1 Å². The molecular weight excluding hydrogens is 609 g/mol. The average Bonchev–Trinajstić information content (AvgIpc) is 3.17. The fourth-order valence-corrected chi connectivity index (χ4v) is 8.91. The maximum absolute atomic E-state index is 13.1. The Morgan fingerprint density at radius 3 is 1.46 bits per heavy atom. The molecule has 0 N–H and O–H groups in total. The molecule has 230 valence electrons. The van der Waals surface area contributed by atoms with Crippen molar-refractivity contribution in [3.05, 3.63) is 178 Å². The molecule has 0 amide bonds. The molecule has 0 saturated heterocycles. The van der Waals surface area contributed by atoms with Gasteiger partial charge >= 0.3 is 0 Å². The van der Waals surface area contributed by atoms with E-state index in [0.29, 0.717) is 0 Å². The van der Waals surface area contributed by atoms with E-state index < -0.39 is 0 Å². The van der Waals surface area contributed by atoms with Crippen molar-refractivity contribution >= 4 is 108 Å². The summed E-state index contributed by atoms with van der Waals surface area (Å²) < 4.78 is 0. The van der Waals surface area contributed by atoms with Crippen LogP contribution in [0.15, 0.2) is 167 Å². The van der Waals surface area contributed by atoms with Gasteiger partial charge in [0, 0.05) is 26.9 Å². The molecule has 0 bridgehead atoms. The SMILES string of the molecule is O=c1ccc2c3c1cccc3c1cccc3c(=O)c4ccccc4c2c31.c1ccc2c(c1)cc1cccc3c4cccc5cccc(c54)c2c13. The smallest absolute Gasteiger partial charge is 0.194 e. The first-order valence-electron chi connectivity index (χ1n) is 17.0. The molecule has 12 rings (SSSR count). The Bertz CT molecular complexity index is 3470. The highest BCUT2D eigenvalue weighted by Gasteiger charge is 2.18. The van der Waals surface area contributed by atoms with Crippen molar-refractivity contribution in [2.75, 3.05) is 0 Å². The lowest BCUT2D eigenvalue weighted by atomic mass is 9.87. The maximum atomic E-state index is 13.1. The standard InChI is InChI=1S/C24H12O2.C24H14/c25-20-12-11-18-21-13(7-3-9-17(20)21)14-8-4-10-19-23(14)22(18)15-5-1-2-6-16(15)24(19)26;1-2-10-18-16(6-1)14-17-9-5-12-20-19-11-3-7-15-8-4-13-21(22(15)19)24(18)23(17)20/h1-12H;1-14H. The van der Waals surface area contributed by atoms with Crippen molar-refractivity contribution in [1.82, 2.24) is 0 Å². The normalized spacial score (nSPS) is 12.2. The molecular formula is C48H26O2. The van der Waals surface area contributed by atoms with Crippen LogP contribution in [0.5, 0.6) is 0 Å². The number of hydrogen-bond donors (Lipinski definition) is 0. The van der Waals surface area contributed by atoms with Crippen molar-refractivity contribution in [2.24, 2.45) is 0 Å². The highest BCUT2D eigenvalue weighted by atomic mass is 16.1. The van der Waals surface area contributed by atoms with E-state index in [2.05, 4.69) is 91.0 Å². The van der Waals surface area contributed by atoms with Crippen molar-refractivity contribution in [3.63, 3.8) is 0 Å². The Kier molecular flexibility index (Phi) is 5.44. The van der Waals surface area contributed by atoms with Crippen LogP contribution < -0.4 is 10.9 Å². The summed E-state index contributed by atoms with van der Waals surface area (Å²) in [6, 6.07) is 54.2. The van der Waals surface area contributed by atoms with E-state index in [-0.39, 0.29) is 10.9 Å². The van der Waals surface area contributed by atoms with E-state index in [0.717, 1.165) is 53.9 Å². The summed E-state index contributed by atoms with van der Waals surface area (Å²) in [5, 5.41) is 22.9.